The first-order chi connectivity index (χ1) is 6.09. The van der Waals surface area contributed by atoms with Gasteiger partial charge in [0.25, 0.3) is 0 Å². The van der Waals surface area contributed by atoms with Crippen molar-refractivity contribution in [2.24, 2.45) is 5.92 Å². The third-order valence-corrected chi connectivity index (χ3v) is 2.16. The van der Waals surface area contributed by atoms with E-state index in [1.165, 1.54) is 0 Å². The van der Waals surface area contributed by atoms with Crippen molar-refractivity contribution in [2.75, 3.05) is 34.2 Å². The van der Waals surface area contributed by atoms with Crippen molar-refractivity contribution in [1.82, 2.24) is 9.80 Å². The van der Waals surface area contributed by atoms with E-state index in [2.05, 4.69) is 16.9 Å². The highest BCUT2D eigenvalue weighted by Crippen LogP contribution is 2.14. The van der Waals surface area contributed by atoms with Crippen LogP contribution in [0.2, 0.25) is 0 Å². The van der Waals surface area contributed by atoms with Gasteiger partial charge in [-0.05, 0) is 25.9 Å². The minimum atomic E-state index is 0.0815. The Balaban J connectivity index is 2.46. The number of nitrogens with zero attached hydrogens (tertiary/aromatic N) is 2. The van der Waals surface area contributed by atoms with Gasteiger partial charge in [-0.3, -0.25) is 4.79 Å². The number of likely N-dealkylation sites (tertiary alicyclic amines) is 1. The van der Waals surface area contributed by atoms with Crippen molar-refractivity contribution in [1.29, 1.82) is 0 Å². The van der Waals surface area contributed by atoms with Crippen LogP contribution < -0.4 is 0 Å². The first kappa shape index (κ1) is 10.1. The van der Waals surface area contributed by atoms with Gasteiger partial charge in [-0.15, -0.1) is 0 Å². The summed E-state index contributed by atoms with van der Waals surface area (Å²) >= 11 is 0. The summed E-state index contributed by atoms with van der Waals surface area (Å²) in [6.45, 7) is 1.88. The molecule has 1 aliphatic heterocycles. The van der Waals surface area contributed by atoms with Crippen LogP contribution in [0.25, 0.3) is 0 Å². The van der Waals surface area contributed by atoms with E-state index in [0.717, 1.165) is 19.5 Å². The molecule has 1 saturated heterocycles. The lowest BCUT2D eigenvalue weighted by Crippen LogP contribution is -2.18. The van der Waals surface area contributed by atoms with Gasteiger partial charge in [0.15, 0.2) is 0 Å². The van der Waals surface area contributed by atoms with Crippen LogP contribution in [-0.2, 0) is 4.79 Å². The predicted molar refractivity (Wildman–Crippen MR) is 52.1 cm³/mol. The number of Topliss-reactive ketones (excluding diaryl/α,β-unsaturated/α-hetero) is 1. The van der Waals surface area contributed by atoms with E-state index < -0.39 is 0 Å². The second-order valence-corrected chi connectivity index (χ2v) is 3.74. The molecule has 0 bridgehead atoms. The highest BCUT2D eigenvalue weighted by atomic mass is 16.1. The second-order valence-electron chi connectivity index (χ2n) is 3.74. The third-order valence-electron chi connectivity index (χ3n) is 2.16. The van der Waals surface area contributed by atoms with Gasteiger partial charge in [0.2, 0.25) is 5.78 Å². The van der Waals surface area contributed by atoms with Crippen molar-refractivity contribution < 1.29 is 4.79 Å². The van der Waals surface area contributed by atoms with Crippen LogP contribution in [0.5, 0.6) is 0 Å². The fourth-order valence-electron chi connectivity index (χ4n) is 1.42. The van der Waals surface area contributed by atoms with Crippen molar-refractivity contribution in [3.63, 3.8) is 0 Å². The number of carbonyl (C=O) groups is 1. The monoisotopic (exact) mass is 180 g/mol. The second kappa shape index (κ2) is 4.29. The topological polar surface area (TPSA) is 23.6 Å². The fourth-order valence-corrected chi connectivity index (χ4v) is 1.42. The number of ketones is 1. The van der Waals surface area contributed by atoms with E-state index in [9.17, 15) is 4.79 Å². The van der Waals surface area contributed by atoms with E-state index in [1.807, 2.05) is 21.1 Å². The number of carbonyl (C=O) groups excluding carboxylic acids is 1. The largest absolute Gasteiger partial charge is 0.338 e. The van der Waals surface area contributed by atoms with Gasteiger partial charge in [-0.25, -0.2) is 0 Å². The molecule has 0 spiro atoms. The Morgan fingerprint density at radius 1 is 1.54 bits per heavy atom. The Morgan fingerprint density at radius 2 is 2.23 bits per heavy atom. The summed E-state index contributed by atoms with van der Waals surface area (Å²) in [5.41, 5.74) is 0. The molecule has 0 aromatic rings. The lowest BCUT2D eigenvalue weighted by atomic mass is 10.0. The zero-order chi connectivity index (χ0) is 9.84. The van der Waals surface area contributed by atoms with E-state index in [4.69, 9.17) is 0 Å². The third kappa shape index (κ3) is 3.08. The van der Waals surface area contributed by atoms with E-state index in [0.29, 0.717) is 0 Å². The van der Waals surface area contributed by atoms with Gasteiger partial charge in [0.05, 0.1) is 0 Å². The van der Waals surface area contributed by atoms with Crippen molar-refractivity contribution in [3.05, 3.63) is 0 Å². The molecule has 13 heavy (non-hydrogen) atoms. The minimum Gasteiger partial charge on any atom is -0.338 e. The summed E-state index contributed by atoms with van der Waals surface area (Å²) in [5.74, 6) is 2.87. The fraction of sp³-hybridized carbons (Fsp3) is 0.700. The molecular formula is C10H16N2O. The highest BCUT2D eigenvalue weighted by molar-refractivity contribution is 5.97. The Kier molecular flexibility index (Phi) is 3.32. The van der Waals surface area contributed by atoms with Gasteiger partial charge >= 0.3 is 0 Å². The van der Waals surface area contributed by atoms with Crippen LogP contribution in [-0.4, -0.2) is 49.8 Å². The number of hydrogen-bond donors (Lipinski definition) is 0. The maximum Gasteiger partial charge on any atom is 0.211 e. The van der Waals surface area contributed by atoms with Gasteiger partial charge in [-0.2, -0.15) is 0 Å². The van der Waals surface area contributed by atoms with Crippen LogP contribution in [0.15, 0.2) is 0 Å². The van der Waals surface area contributed by atoms with Crippen molar-refractivity contribution in [2.45, 2.75) is 6.42 Å². The van der Waals surface area contributed by atoms with Crippen LogP contribution in [0, 0.1) is 17.9 Å². The van der Waals surface area contributed by atoms with Gasteiger partial charge < -0.3 is 9.80 Å². The molecule has 0 aromatic carbocycles. The van der Waals surface area contributed by atoms with Crippen LogP contribution in [0.4, 0.5) is 0 Å². The first-order valence-corrected chi connectivity index (χ1v) is 4.51. The van der Waals surface area contributed by atoms with Gasteiger partial charge in [0, 0.05) is 32.6 Å². The van der Waals surface area contributed by atoms with E-state index in [1.54, 1.807) is 4.90 Å². The molecule has 1 unspecified atom stereocenters. The average Bonchev–Trinajstić information content (AvgIpc) is 2.47. The highest BCUT2D eigenvalue weighted by Gasteiger charge is 2.24. The molecule has 72 valence electrons. The number of rotatable bonds is 1. The molecule has 1 atom stereocenters. The molecule has 3 nitrogen and oxygen atoms in total. The quantitative estimate of drug-likeness (QED) is 0.420. The number of hydrogen-bond acceptors (Lipinski definition) is 3. The lowest BCUT2D eigenvalue weighted by molar-refractivity contribution is -0.117. The van der Waals surface area contributed by atoms with Gasteiger partial charge in [-0.1, -0.05) is 0 Å². The summed E-state index contributed by atoms with van der Waals surface area (Å²) < 4.78 is 0. The molecular weight excluding hydrogens is 164 g/mol. The van der Waals surface area contributed by atoms with Crippen molar-refractivity contribution in [3.8, 4) is 12.0 Å². The zero-order valence-corrected chi connectivity index (χ0v) is 8.50. The molecule has 1 fully saturated rings. The van der Waals surface area contributed by atoms with Crippen LogP contribution in [0.1, 0.15) is 6.42 Å². The van der Waals surface area contributed by atoms with Gasteiger partial charge in [0.1, 0.15) is 0 Å². The summed E-state index contributed by atoms with van der Waals surface area (Å²) in [7, 11) is 5.70. The Labute approximate surface area is 79.7 Å². The summed E-state index contributed by atoms with van der Waals surface area (Å²) in [6, 6.07) is 2.75. The van der Waals surface area contributed by atoms with Crippen LogP contribution >= 0.6 is 0 Å². The van der Waals surface area contributed by atoms with Crippen LogP contribution in [0.3, 0.4) is 0 Å². The minimum absolute atomic E-state index is 0.0815. The maximum absolute atomic E-state index is 11.5. The summed E-state index contributed by atoms with van der Waals surface area (Å²) in [6.07, 6.45) is 0.956. The molecule has 1 rings (SSSR count). The first-order valence-electron chi connectivity index (χ1n) is 4.51. The lowest BCUT2D eigenvalue weighted by Gasteiger charge is -2.05. The SMILES string of the molecule is CN(C)C#CC(=O)C1CCN(C)C1. The summed E-state index contributed by atoms with van der Waals surface area (Å²) in [5, 5.41) is 0. The molecule has 0 N–H and O–H groups in total. The predicted octanol–water partition coefficient (Wildman–Crippen LogP) is 0.0297. The summed E-state index contributed by atoms with van der Waals surface area (Å²) in [4.78, 5) is 15.3. The molecule has 0 saturated carbocycles. The average molecular weight is 180 g/mol. The molecule has 1 heterocycles. The smallest absolute Gasteiger partial charge is 0.211 e. The molecule has 0 amide bonds. The Bertz CT molecular complexity index is 249. The standard InChI is InChI=1S/C10H16N2O/c1-11(2)6-5-10(13)9-4-7-12(3)8-9/h9H,4,7-8H2,1-3H3. The normalized spacial score (nSPS) is 22.2. The zero-order valence-electron chi connectivity index (χ0n) is 8.50. The Morgan fingerprint density at radius 3 is 2.69 bits per heavy atom. The molecule has 0 aromatic heterocycles. The van der Waals surface area contributed by atoms with E-state index in [-0.39, 0.29) is 11.7 Å². The molecule has 3 heteroatoms. The maximum atomic E-state index is 11.5. The Hall–Kier alpha value is -1.01. The molecule has 0 aliphatic carbocycles. The molecule has 1 aliphatic rings. The molecule has 0 radical (unpaired) electrons. The van der Waals surface area contributed by atoms with E-state index >= 15 is 0 Å². The van der Waals surface area contributed by atoms with Crippen molar-refractivity contribution >= 4 is 5.78 Å².